The Hall–Kier alpha value is -0.720. The molecule has 0 spiro atoms. The molecule has 0 aromatic carbocycles. The lowest BCUT2D eigenvalue weighted by Gasteiger charge is -1.98. The number of aromatic nitrogens is 1. The number of thioether (sulfide) groups is 1. The maximum absolute atomic E-state index is 8.60. The summed E-state index contributed by atoms with van der Waals surface area (Å²) >= 11 is 7.29. The van der Waals surface area contributed by atoms with Crippen molar-refractivity contribution in [1.29, 1.82) is 5.26 Å². The topological polar surface area (TPSA) is 36.7 Å². The molecule has 0 N–H and O–H groups in total. The van der Waals surface area contributed by atoms with Crippen molar-refractivity contribution >= 4 is 23.4 Å². The zero-order chi connectivity index (χ0) is 8.97. The third-order valence-corrected chi connectivity index (χ3v) is 2.34. The van der Waals surface area contributed by atoms with Gasteiger partial charge < -0.3 is 0 Å². The zero-order valence-corrected chi connectivity index (χ0v) is 8.11. The van der Waals surface area contributed by atoms with Crippen molar-refractivity contribution in [2.45, 2.75) is 11.9 Å². The fourth-order valence-corrected chi connectivity index (χ4v) is 1.49. The molecule has 1 heterocycles. The number of nitrogens with zero attached hydrogens (tertiary/aromatic N) is 2. The third kappa shape index (κ3) is 2.13. The van der Waals surface area contributed by atoms with Crippen LogP contribution in [0.3, 0.4) is 0 Å². The lowest BCUT2D eigenvalue weighted by Crippen LogP contribution is -1.86. The van der Waals surface area contributed by atoms with E-state index in [0.717, 1.165) is 10.8 Å². The van der Waals surface area contributed by atoms with Gasteiger partial charge >= 0.3 is 0 Å². The van der Waals surface area contributed by atoms with Crippen molar-refractivity contribution < 1.29 is 0 Å². The van der Waals surface area contributed by atoms with E-state index in [1.54, 1.807) is 17.8 Å². The van der Waals surface area contributed by atoms with Gasteiger partial charge in [0.1, 0.15) is 6.07 Å². The van der Waals surface area contributed by atoms with Gasteiger partial charge in [-0.2, -0.15) is 5.26 Å². The van der Waals surface area contributed by atoms with Gasteiger partial charge in [-0.15, -0.1) is 11.8 Å². The van der Waals surface area contributed by atoms with Gasteiger partial charge in [0.25, 0.3) is 0 Å². The van der Waals surface area contributed by atoms with Crippen molar-refractivity contribution in [2.75, 3.05) is 5.75 Å². The molecule has 1 rings (SSSR count). The van der Waals surface area contributed by atoms with Gasteiger partial charge in [0.15, 0.2) is 5.69 Å². The number of halogens is 1. The van der Waals surface area contributed by atoms with E-state index in [9.17, 15) is 0 Å². The van der Waals surface area contributed by atoms with Crippen LogP contribution in [0.15, 0.2) is 17.2 Å². The summed E-state index contributed by atoms with van der Waals surface area (Å²) in [6.07, 6.45) is 0. The average molecular weight is 199 g/mol. The number of pyridine rings is 1. The zero-order valence-electron chi connectivity index (χ0n) is 6.54. The molecule has 0 aliphatic carbocycles. The van der Waals surface area contributed by atoms with Gasteiger partial charge in [-0.25, -0.2) is 4.98 Å². The molecule has 0 aliphatic heterocycles. The average Bonchev–Trinajstić information content (AvgIpc) is 2.09. The van der Waals surface area contributed by atoms with Crippen LogP contribution in [-0.4, -0.2) is 10.7 Å². The highest BCUT2D eigenvalue weighted by atomic mass is 35.5. The van der Waals surface area contributed by atoms with Crippen LogP contribution in [0.1, 0.15) is 12.6 Å². The minimum Gasteiger partial charge on any atom is -0.229 e. The van der Waals surface area contributed by atoms with Gasteiger partial charge in [0, 0.05) is 0 Å². The quantitative estimate of drug-likeness (QED) is 0.686. The van der Waals surface area contributed by atoms with Crippen molar-refractivity contribution in [3.63, 3.8) is 0 Å². The predicted molar refractivity (Wildman–Crippen MR) is 50.4 cm³/mol. The first-order valence-electron chi connectivity index (χ1n) is 3.47. The monoisotopic (exact) mass is 198 g/mol. The molecular weight excluding hydrogens is 192 g/mol. The molecule has 0 unspecified atom stereocenters. The van der Waals surface area contributed by atoms with E-state index < -0.39 is 0 Å². The third-order valence-electron chi connectivity index (χ3n) is 1.22. The van der Waals surface area contributed by atoms with E-state index >= 15 is 0 Å². The molecule has 0 aliphatic rings. The minimum atomic E-state index is 0.301. The van der Waals surface area contributed by atoms with E-state index in [2.05, 4.69) is 4.98 Å². The lowest BCUT2D eigenvalue weighted by molar-refractivity contribution is 1.10. The van der Waals surface area contributed by atoms with Crippen LogP contribution in [0.25, 0.3) is 0 Å². The predicted octanol–water partition coefficient (Wildman–Crippen LogP) is 2.72. The van der Waals surface area contributed by atoms with Gasteiger partial charge in [-0.1, -0.05) is 18.5 Å². The van der Waals surface area contributed by atoms with E-state index in [0.29, 0.717) is 10.7 Å². The molecule has 1 aromatic heterocycles. The van der Waals surface area contributed by atoms with Crippen LogP contribution < -0.4 is 0 Å². The smallest absolute Gasteiger partial charge is 0.160 e. The molecule has 0 radical (unpaired) electrons. The highest BCUT2D eigenvalue weighted by Crippen LogP contribution is 2.19. The van der Waals surface area contributed by atoms with E-state index in [1.165, 1.54) is 0 Å². The number of rotatable bonds is 2. The number of hydrogen-bond acceptors (Lipinski definition) is 3. The molecule has 0 atom stereocenters. The van der Waals surface area contributed by atoms with Crippen molar-refractivity contribution in [1.82, 2.24) is 4.98 Å². The Morgan fingerprint density at radius 1 is 1.67 bits per heavy atom. The number of hydrogen-bond donors (Lipinski definition) is 0. The Balaban J connectivity index is 2.99. The first kappa shape index (κ1) is 9.37. The SMILES string of the molecule is CCSc1ccc(Cl)c(C#N)n1. The Morgan fingerprint density at radius 3 is 3.00 bits per heavy atom. The fourth-order valence-electron chi connectivity index (χ4n) is 0.731. The molecule has 0 bridgehead atoms. The highest BCUT2D eigenvalue weighted by molar-refractivity contribution is 7.99. The maximum atomic E-state index is 8.60. The van der Waals surface area contributed by atoms with Gasteiger partial charge in [0.05, 0.1) is 10.0 Å². The molecule has 0 saturated heterocycles. The van der Waals surface area contributed by atoms with Crippen molar-refractivity contribution in [2.24, 2.45) is 0 Å². The molecular formula is C8H7ClN2S. The maximum Gasteiger partial charge on any atom is 0.160 e. The largest absolute Gasteiger partial charge is 0.229 e. The summed E-state index contributed by atoms with van der Waals surface area (Å²) in [5.41, 5.74) is 0.301. The van der Waals surface area contributed by atoms with Crippen LogP contribution in [0.4, 0.5) is 0 Å². The second kappa shape index (κ2) is 4.34. The summed E-state index contributed by atoms with van der Waals surface area (Å²) in [5.74, 6) is 0.944. The first-order valence-corrected chi connectivity index (χ1v) is 4.83. The van der Waals surface area contributed by atoms with Crippen LogP contribution in [-0.2, 0) is 0 Å². The van der Waals surface area contributed by atoms with Crippen molar-refractivity contribution in [3.8, 4) is 6.07 Å². The molecule has 0 amide bonds. The Morgan fingerprint density at radius 2 is 2.42 bits per heavy atom. The number of nitriles is 1. The van der Waals surface area contributed by atoms with Crippen molar-refractivity contribution in [3.05, 3.63) is 22.8 Å². The molecule has 4 heteroatoms. The molecule has 0 saturated carbocycles. The Labute approximate surface area is 80.6 Å². The molecule has 0 fully saturated rings. The minimum absolute atomic E-state index is 0.301. The summed E-state index contributed by atoms with van der Waals surface area (Å²) in [6, 6.07) is 5.45. The van der Waals surface area contributed by atoms with Crippen LogP contribution >= 0.6 is 23.4 Å². The van der Waals surface area contributed by atoms with Crippen LogP contribution in [0, 0.1) is 11.3 Å². The second-order valence-electron chi connectivity index (χ2n) is 2.02. The standard InChI is InChI=1S/C8H7ClN2S/c1-2-12-8-4-3-6(9)7(5-10)11-8/h3-4H,2H2,1H3. The summed E-state index contributed by atoms with van der Waals surface area (Å²) < 4.78 is 0. The van der Waals surface area contributed by atoms with Gasteiger partial charge in [0.2, 0.25) is 0 Å². The van der Waals surface area contributed by atoms with E-state index in [-0.39, 0.29) is 0 Å². The second-order valence-corrected chi connectivity index (χ2v) is 3.72. The summed E-state index contributed by atoms with van der Waals surface area (Å²) in [7, 11) is 0. The fraction of sp³-hybridized carbons (Fsp3) is 0.250. The molecule has 1 aromatic rings. The van der Waals surface area contributed by atoms with E-state index in [4.69, 9.17) is 16.9 Å². The normalized spacial score (nSPS) is 9.42. The molecule has 2 nitrogen and oxygen atoms in total. The molecule has 62 valence electrons. The van der Waals surface area contributed by atoms with Gasteiger partial charge in [-0.3, -0.25) is 0 Å². The summed E-state index contributed by atoms with van der Waals surface area (Å²) in [6.45, 7) is 2.03. The molecule has 12 heavy (non-hydrogen) atoms. The Bertz CT molecular complexity index is 319. The summed E-state index contributed by atoms with van der Waals surface area (Å²) in [5, 5.41) is 9.87. The Kier molecular flexibility index (Phi) is 3.39. The van der Waals surface area contributed by atoms with Gasteiger partial charge in [-0.05, 0) is 17.9 Å². The first-order chi connectivity index (χ1) is 5.77. The lowest BCUT2D eigenvalue weighted by atomic mass is 10.4. The van der Waals surface area contributed by atoms with Crippen LogP contribution in [0.5, 0.6) is 0 Å². The summed E-state index contributed by atoms with van der Waals surface area (Å²) in [4.78, 5) is 4.05. The van der Waals surface area contributed by atoms with Crippen LogP contribution in [0.2, 0.25) is 5.02 Å². The van der Waals surface area contributed by atoms with E-state index in [1.807, 2.05) is 19.1 Å². The highest BCUT2D eigenvalue weighted by Gasteiger charge is 2.01.